The Morgan fingerprint density at radius 3 is 2.58 bits per heavy atom. The summed E-state index contributed by atoms with van der Waals surface area (Å²) in [6.45, 7) is 7.31. The molecule has 19 heavy (non-hydrogen) atoms. The highest BCUT2D eigenvalue weighted by Gasteiger charge is 2.36. The molecule has 1 heterocycles. The molecule has 1 aliphatic carbocycles. The first-order valence-electron chi connectivity index (χ1n) is 6.68. The Balaban J connectivity index is 2.38. The molecule has 0 saturated heterocycles. The minimum atomic E-state index is -0.916. The molecule has 0 saturated carbocycles. The van der Waals surface area contributed by atoms with Crippen LogP contribution >= 0.6 is 0 Å². The van der Waals surface area contributed by atoms with Gasteiger partial charge in [0.25, 0.3) is 0 Å². The second kappa shape index (κ2) is 4.50. The maximum Gasteiger partial charge on any atom is 0.144 e. The maximum atomic E-state index is 10.2. The van der Waals surface area contributed by atoms with Crippen molar-refractivity contribution in [2.24, 2.45) is 0 Å². The molecule has 1 aliphatic rings. The number of nitrogens with one attached hydrogen (secondary N) is 1. The number of hydrogen-bond donors (Lipinski definition) is 2. The van der Waals surface area contributed by atoms with E-state index in [0.29, 0.717) is 11.4 Å². The zero-order chi connectivity index (χ0) is 14.3. The highest BCUT2D eigenvalue weighted by molar-refractivity contribution is 5.56. The van der Waals surface area contributed by atoms with E-state index >= 15 is 0 Å². The van der Waals surface area contributed by atoms with Crippen molar-refractivity contribution in [3.63, 3.8) is 0 Å². The Morgan fingerprint density at radius 1 is 1.32 bits per heavy atom. The van der Waals surface area contributed by atoms with Gasteiger partial charge >= 0.3 is 0 Å². The van der Waals surface area contributed by atoms with Crippen LogP contribution in [0.4, 0.5) is 5.82 Å². The fourth-order valence-electron chi connectivity index (χ4n) is 2.10. The van der Waals surface area contributed by atoms with Crippen LogP contribution in [0.2, 0.25) is 0 Å². The summed E-state index contributed by atoms with van der Waals surface area (Å²) in [7, 11) is 0. The van der Waals surface area contributed by atoms with Gasteiger partial charge in [0.1, 0.15) is 11.9 Å². The van der Waals surface area contributed by atoms with Gasteiger partial charge in [0.2, 0.25) is 0 Å². The first kappa shape index (κ1) is 13.8. The minimum Gasteiger partial charge on any atom is -0.388 e. The van der Waals surface area contributed by atoms with Crippen molar-refractivity contribution in [3.8, 4) is 6.07 Å². The second-order valence-corrected chi connectivity index (χ2v) is 6.26. The van der Waals surface area contributed by atoms with E-state index in [1.165, 1.54) is 5.56 Å². The molecular weight excluding hydrogens is 238 g/mol. The van der Waals surface area contributed by atoms with Crippen molar-refractivity contribution in [2.75, 3.05) is 5.32 Å². The quantitative estimate of drug-likeness (QED) is 0.874. The molecule has 0 aliphatic heterocycles. The predicted molar refractivity (Wildman–Crippen MR) is 75.0 cm³/mol. The van der Waals surface area contributed by atoms with E-state index in [9.17, 15) is 10.4 Å². The number of hydrogen-bond acceptors (Lipinski definition) is 4. The summed E-state index contributed by atoms with van der Waals surface area (Å²) in [6.07, 6.45) is 3.08. The van der Waals surface area contributed by atoms with Crippen LogP contribution in [0.5, 0.6) is 0 Å². The maximum absolute atomic E-state index is 10.2. The van der Waals surface area contributed by atoms with E-state index in [2.05, 4.69) is 16.4 Å². The molecular formula is C15H21N3O. The molecule has 4 heteroatoms. The van der Waals surface area contributed by atoms with Gasteiger partial charge < -0.3 is 10.4 Å². The standard InChI is InChI=1S/C15H21N3O/c1-14(2,15(3,4)19)18-13-11(9-16)8-10-6-5-7-12(10)17-13/h8,19H,5-7H2,1-4H3,(H,17,18). The number of rotatable bonds is 3. The lowest BCUT2D eigenvalue weighted by Gasteiger charge is -2.38. The van der Waals surface area contributed by atoms with Gasteiger partial charge in [0.15, 0.2) is 0 Å². The average Bonchev–Trinajstić information content (AvgIpc) is 2.72. The van der Waals surface area contributed by atoms with Gasteiger partial charge in [0.05, 0.1) is 16.7 Å². The molecule has 0 atom stereocenters. The van der Waals surface area contributed by atoms with E-state index < -0.39 is 11.1 Å². The third-order valence-electron chi connectivity index (χ3n) is 4.13. The Kier molecular flexibility index (Phi) is 3.27. The molecule has 2 N–H and O–H groups in total. The molecule has 0 radical (unpaired) electrons. The van der Waals surface area contributed by atoms with Crippen molar-refractivity contribution in [2.45, 2.75) is 58.1 Å². The Morgan fingerprint density at radius 2 is 2.00 bits per heavy atom. The topological polar surface area (TPSA) is 68.9 Å². The number of aromatic nitrogens is 1. The van der Waals surface area contributed by atoms with Crippen molar-refractivity contribution in [1.82, 2.24) is 4.98 Å². The summed E-state index contributed by atoms with van der Waals surface area (Å²) < 4.78 is 0. The van der Waals surface area contributed by atoms with Gasteiger partial charge in [-0.05, 0) is 58.6 Å². The molecule has 4 nitrogen and oxygen atoms in total. The normalized spacial score (nSPS) is 14.9. The van der Waals surface area contributed by atoms with Crippen LogP contribution < -0.4 is 5.32 Å². The lowest BCUT2D eigenvalue weighted by molar-refractivity contribution is 0.0238. The average molecular weight is 259 g/mol. The zero-order valence-corrected chi connectivity index (χ0v) is 12.0. The first-order chi connectivity index (χ1) is 8.74. The molecule has 2 rings (SSSR count). The van der Waals surface area contributed by atoms with Crippen molar-refractivity contribution >= 4 is 5.82 Å². The van der Waals surface area contributed by atoms with Gasteiger partial charge in [-0.2, -0.15) is 5.26 Å². The van der Waals surface area contributed by atoms with E-state index in [1.54, 1.807) is 13.8 Å². The number of aryl methyl sites for hydroxylation is 2. The number of anilines is 1. The molecule has 0 amide bonds. The van der Waals surface area contributed by atoms with Crippen LogP contribution in [-0.4, -0.2) is 21.2 Å². The minimum absolute atomic E-state index is 0.554. The van der Waals surface area contributed by atoms with Gasteiger partial charge in [-0.25, -0.2) is 4.98 Å². The number of fused-ring (bicyclic) bond motifs is 1. The molecule has 0 fully saturated rings. The van der Waals surface area contributed by atoms with Crippen LogP contribution in [0.25, 0.3) is 0 Å². The van der Waals surface area contributed by atoms with E-state index in [-0.39, 0.29) is 0 Å². The number of pyridine rings is 1. The summed E-state index contributed by atoms with van der Waals surface area (Å²) in [5.74, 6) is 0.579. The van der Waals surface area contributed by atoms with Gasteiger partial charge in [-0.1, -0.05) is 0 Å². The highest BCUT2D eigenvalue weighted by Crippen LogP contribution is 2.29. The van der Waals surface area contributed by atoms with Crippen LogP contribution in [0, 0.1) is 11.3 Å². The summed E-state index contributed by atoms with van der Waals surface area (Å²) in [6, 6.07) is 4.12. The fraction of sp³-hybridized carbons (Fsp3) is 0.600. The monoisotopic (exact) mass is 259 g/mol. The van der Waals surface area contributed by atoms with E-state index in [0.717, 1.165) is 25.0 Å². The molecule has 102 valence electrons. The van der Waals surface area contributed by atoms with Crippen LogP contribution in [0.3, 0.4) is 0 Å². The molecule has 1 aromatic rings. The second-order valence-electron chi connectivity index (χ2n) is 6.26. The summed E-state index contributed by atoms with van der Waals surface area (Å²) >= 11 is 0. The lowest BCUT2D eigenvalue weighted by atomic mass is 9.86. The first-order valence-corrected chi connectivity index (χ1v) is 6.68. The smallest absolute Gasteiger partial charge is 0.144 e. The van der Waals surface area contributed by atoms with Crippen LogP contribution in [0.1, 0.15) is 50.9 Å². The Labute approximate surface area is 114 Å². The van der Waals surface area contributed by atoms with Crippen molar-refractivity contribution < 1.29 is 5.11 Å². The fourth-order valence-corrected chi connectivity index (χ4v) is 2.10. The summed E-state index contributed by atoms with van der Waals surface area (Å²) in [5, 5.41) is 22.7. The van der Waals surface area contributed by atoms with Crippen LogP contribution in [0.15, 0.2) is 6.07 Å². The summed E-state index contributed by atoms with van der Waals surface area (Å²) in [4.78, 5) is 4.58. The van der Waals surface area contributed by atoms with Crippen LogP contribution in [-0.2, 0) is 12.8 Å². The predicted octanol–water partition coefficient (Wildman–Crippen LogP) is 2.40. The Bertz CT molecular complexity index is 536. The van der Waals surface area contributed by atoms with E-state index in [1.807, 2.05) is 19.9 Å². The highest BCUT2D eigenvalue weighted by atomic mass is 16.3. The zero-order valence-electron chi connectivity index (χ0n) is 12.0. The number of nitriles is 1. The number of aliphatic hydroxyl groups is 1. The molecule has 1 aromatic heterocycles. The third-order valence-corrected chi connectivity index (χ3v) is 4.13. The lowest BCUT2D eigenvalue weighted by Crippen LogP contribution is -2.51. The molecule has 0 unspecified atom stereocenters. The summed E-state index contributed by atoms with van der Waals surface area (Å²) in [5.41, 5.74) is 1.33. The molecule has 0 aromatic carbocycles. The third kappa shape index (κ3) is 2.57. The van der Waals surface area contributed by atoms with Gasteiger partial charge in [0, 0.05) is 5.69 Å². The number of nitrogens with zero attached hydrogens (tertiary/aromatic N) is 2. The van der Waals surface area contributed by atoms with E-state index in [4.69, 9.17) is 0 Å². The largest absolute Gasteiger partial charge is 0.388 e. The van der Waals surface area contributed by atoms with Crippen molar-refractivity contribution in [3.05, 3.63) is 22.9 Å². The molecule has 0 bridgehead atoms. The van der Waals surface area contributed by atoms with Gasteiger partial charge in [-0.15, -0.1) is 0 Å². The Hall–Kier alpha value is -1.60. The van der Waals surface area contributed by atoms with Crippen molar-refractivity contribution in [1.29, 1.82) is 5.26 Å². The van der Waals surface area contributed by atoms with Gasteiger partial charge in [-0.3, -0.25) is 0 Å². The SMILES string of the molecule is CC(C)(O)C(C)(C)Nc1nc2c(cc1C#N)CCC2. The molecule has 0 spiro atoms.